The minimum absolute atomic E-state index is 0.0505. The van der Waals surface area contributed by atoms with Gasteiger partial charge in [-0.15, -0.1) is 10.2 Å². The molecule has 1 atom stereocenters. The highest BCUT2D eigenvalue weighted by Gasteiger charge is 2.18. The number of hydrogen-bond acceptors (Lipinski definition) is 6. The minimum atomic E-state index is -0.235. The lowest BCUT2D eigenvalue weighted by atomic mass is 10.2. The largest absolute Gasteiger partial charge is 0.324 e. The zero-order valence-corrected chi connectivity index (χ0v) is 15.8. The van der Waals surface area contributed by atoms with E-state index in [9.17, 15) is 4.79 Å². The fourth-order valence-corrected chi connectivity index (χ4v) is 4.66. The van der Waals surface area contributed by atoms with Crippen molar-refractivity contribution in [2.45, 2.75) is 27.8 Å². The Morgan fingerprint density at radius 1 is 1.38 bits per heavy atom. The zero-order valence-electron chi connectivity index (χ0n) is 11.7. The summed E-state index contributed by atoms with van der Waals surface area (Å²) in [6.45, 7) is 3.87. The lowest BCUT2D eigenvalue weighted by Crippen LogP contribution is -2.22. The molecule has 1 aromatic carbocycles. The first-order valence-corrected chi connectivity index (χ1v) is 9.82. The maximum absolute atomic E-state index is 12.2. The summed E-state index contributed by atoms with van der Waals surface area (Å²) in [5, 5.41) is 10.8. The third-order valence-corrected chi connectivity index (χ3v) is 6.33. The highest BCUT2D eigenvalue weighted by atomic mass is 79.9. The van der Waals surface area contributed by atoms with Crippen LogP contribution in [-0.4, -0.2) is 27.6 Å². The minimum Gasteiger partial charge on any atom is -0.324 e. The van der Waals surface area contributed by atoms with Crippen LogP contribution in [0, 0.1) is 6.92 Å². The zero-order chi connectivity index (χ0) is 15.4. The van der Waals surface area contributed by atoms with Gasteiger partial charge in [-0.05, 0) is 53.7 Å². The van der Waals surface area contributed by atoms with Crippen molar-refractivity contribution < 1.29 is 4.79 Å². The van der Waals surface area contributed by atoms with Gasteiger partial charge in [0.2, 0.25) is 5.91 Å². The summed E-state index contributed by atoms with van der Waals surface area (Å²) in [5.74, 6) is -0.0505. The quantitative estimate of drug-likeness (QED) is 0.747. The van der Waals surface area contributed by atoms with Gasteiger partial charge in [0.1, 0.15) is 0 Å². The SMILES string of the molecule is CSc1nnc(S[C@@H](C)C(=O)Nc2ccc(C)cc2Br)s1. The van der Waals surface area contributed by atoms with Crippen LogP contribution in [0.4, 0.5) is 5.69 Å². The molecule has 2 rings (SSSR count). The van der Waals surface area contributed by atoms with Crippen LogP contribution < -0.4 is 5.32 Å². The maximum Gasteiger partial charge on any atom is 0.237 e. The van der Waals surface area contributed by atoms with Crippen molar-refractivity contribution in [3.63, 3.8) is 0 Å². The number of halogens is 1. The predicted molar refractivity (Wildman–Crippen MR) is 94.5 cm³/mol. The number of amides is 1. The molecule has 0 spiro atoms. The number of carbonyl (C=O) groups excluding carboxylic acids is 1. The van der Waals surface area contributed by atoms with Gasteiger partial charge in [0.15, 0.2) is 8.68 Å². The summed E-state index contributed by atoms with van der Waals surface area (Å²) in [5.41, 5.74) is 1.92. The molecule has 8 heteroatoms. The molecular weight excluding hydrogens is 390 g/mol. The summed E-state index contributed by atoms with van der Waals surface area (Å²) in [6.07, 6.45) is 1.96. The molecule has 0 aliphatic rings. The number of aryl methyl sites for hydroxylation is 1. The van der Waals surface area contributed by atoms with Gasteiger partial charge >= 0.3 is 0 Å². The fourth-order valence-electron chi connectivity index (χ4n) is 1.49. The molecule has 1 N–H and O–H groups in total. The van der Waals surface area contributed by atoms with E-state index in [1.165, 1.54) is 23.1 Å². The lowest BCUT2D eigenvalue weighted by molar-refractivity contribution is -0.115. The van der Waals surface area contributed by atoms with E-state index in [0.29, 0.717) is 0 Å². The molecule has 112 valence electrons. The summed E-state index contributed by atoms with van der Waals surface area (Å²) < 4.78 is 2.60. The number of thioether (sulfide) groups is 2. The number of carbonyl (C=O) groups is 1. The van der Waals surface area contributed by atoms with Crippen LogP contribution in [0.1, 0.15) is 12.5 Å². The van der Waals surface area contributed by atoms with Crippen LogP contribution in [0.15, 0.2) is 31.4 Å². The van der Waals surface area contributed by atoms with E-state index in [-0.39, 0.29) is 11.2 Å². The number of anilines is 1. The van der Waals surface area contributed by atoms with Gasteiger partial charge < -0.3 is 5.32 Å². The molecule has 1 aromatic heterocycles. The second-order valence-corrected chi connectivity index (χ2v) is 8.74. The van der Waals surface area contributed by atoms with Crippen LogP contribution >= 0.6 is 50.8 Å². The topological polar surface area (TPSA) is 54.9 Å². The summed E-state index contributed by atoms with van der Waals surface area (Å²) >= 11 is 7.94. The van der Waals surface area contributed by atoms with Gasteiger partial charge in [-0.1, -0.05) is 40.9 Å². The Kier molecular flexibility index (Phi) is 6.09. The van der Waals surface area contributed by atoms with Gasteiger partial charge in [0, 0.05) is 4.47 Å². The lowest BCUT2D eigenvalue weighted by Gasteiger charge is -2.12. The predicted octanol–water partition coefficient (Wildman–Crippen LogP) is 4.45. The van der Waals surface area contributed by atoms with Gasteiger partial charge in [-0.25, -0.2) is 0 Å². The molecule has 0 saturated carbocycles. The van der Waals surface area contributed by atoms with Crippen molar-refractivity contribution in [3.8, 4) is 0 Å². The van der Waals surface area contributed by atoms with Gasteiger partial charge in [-0.2, -0.15) is 0 Å². The van der Waals surface area contributed by atoms with Crippen LogP contribution in [0.3, 0.4) is 0 Å². The first-order chi connectivity index (χ1) is 9.99. The van der Waals surface area contributed by atoms with E-state index < -0.39 is 0 Å². The normalized spacial score (nSPS) is 12.2. The van der Waals surface area contributed by atoms with E-state index >= 15 is 0 Å². The number of benzene rings is 1. The molecule has 21 heavy (non-hydrogen) atoms. The van der Waals surface area contributed by atoms with E-state index in [0.717, 1.165) is 24.4 Å². The van der Waals surface area contributed by atoms with E-state index in [1.807, 2.05) is 38.3 Å². The number of rotatable bonds is 5. The van der Waals surface area contributed by atoms with Crippen molar-refractivity contribution in [1.29, 1.82) is 0 Å². The molecule has 2 aromatic rings. The highest BCUT2D eigenvalue weighted by molar-refractivity contribution is 9.10. The highest BCUT2D eigenvalue weighted by Crippen LogP contribution is 2.31. The first kappa shape index (κ1) is 16.8. The Balaban J connectivity index is 1.99. The Labute approximate surface area is 144 Å². The van der Waals surface area contributed by atoms with Crippen LogP contribution in [0.2, 0.25) is 0 Å². The molecule has 0 aliphatic heterocycles. The summed E-state index contributed by atoms with van der Waals surface area (Å²) in [7, 11) is 0. The molecular formula is C13H14BrN3OS3. The molecule has 0 unspecified atom stereocenters. The first-order valence-electron chi connectivity index (χ1n) is 6.10. The van der Waals surface area contributed by atoms with Crippen molar-refractivity contribution >= 4 is 62.4 Å². The Morgan fingerprint density at radius 2 is 2.10 bits per heavy atom. The second-order valence-electron chi connectivity index (χ2n) is 4.27. The van der Waals surface area contributed by atoms with Crippen LogP contribution in [0.25, 0.3) is 0 Å². The average molecular weight is 404 g/mol. The molecule has 0 fully saturated rings. The fraction of sp³-hybridized carbons (Fsp3) is 0.308. The van der Waals surface area contributed by atoms with Gasteiger partial charge in [0.25, 0.3) is 0 Å². The third kappa shape index (κ3) is 4.70. The average Bonchev–Trinajstić information content (AvgIpc) is 2.89. The van der Waals surface area contributed by atoms with Gasteiger partial charge in [-0.3, -0.25) is 4.79 Å². The smallest absolute Gasteiger partial charge is 0.237 e. The third-order valence-electron chi connectivity index (χ3n) is 2.59. The Morgan fingerprint density at radius 3 is 2.71 bits per heavy atom. The summed E-state index contributed by atoms with van der Waals surface area (Å²) in [6, 6.07) is 5.84. The van der Waals surface area contributed by atoms with Gasteiger partial charge in [0.05, 0.1) is 10.9 Å². The number of hydrogen-bond donors (Lipinski definition) is 1. The molecule has 0 aliphatic carbocycles. The molecule has 0 radical (unpaired) electrons. The van der Waals surface area contributed by atoms with Crippen molar-refractivity contribution in [1.82, 2.24) is 10.2 Å². The molecule has 0 bridgehead atoms. The standard InChI is InChI=1S/C13H14BrN3OS3/c1-7-4-5-10(9(14)6-7)15-11(18)8(2)20-13-17-16-12(19-3)21-13/h4-6,8H,1-3H3,(H,15,18)/t8-/m0/s1. The molecule has 4 nitrogen and oxygen atoms in total. The van der Waals surface area contributed by atoms with Crippen LogP contribution in [0.5, 0.6) is 0 Å². The number of nitrogens with one attached hydrogen (secondary N) is 1. The Bertz CT molecular complexity index is 647. The maximum atomic E-state index is 12.2. The molecule has 1 heterocycles. The van der Waals surface area contributed by atoms with E-state index in [1.54, 1.807) is 11.8 Å². The van der Waals surface area contributed by atoms with Crippen molar-refractivity contribution in [2.24, 2.45) is 0 Å². The molecule has 0 saturated heterocycles. The number of aromatic nitrogens is 2. The monoisotopic (exact) mass is 403 g/mol. The van der Waals surface area contributed by atoms with E-state index in [2.05, 4.69) is 31.4 Å². The second kappa shape index (κ2) is 7.62. The molecule has 1 amide bonds. The Hall–Kier alpha value is -0.570. The van der Waals surface area contributed by atoms with Crippen LogP contribution in [-0.2, 0) is 4.79 Å². The van der Waals surface area contributed by atoms with E-state index in [4.69, 9.17) is 0 Å². The number of nitrogens with zero attached hydrogens (tertiary/aromatic N) is 2. The van der Waals surface area contributed by atoms with Crippen molar-refractivity contribution in [3.05, 3.63) is 28.2 Å². The summed E-state index contributed by atoms with van der Waals surface area (Å²) in [4.78, 5) is 12.2. The van der Waals surface area contributed by atoms with Crippen molar-refractivity contribution in [2.75, 3.05) is 11.6 Å².